The number of nitrogens with zero attached hydrogens (tertiary/aromatic N) is 1. The van der Waals surface area contributed by atoms with E-state index in [2.05, 4.69) is 33.2 Å². The maximum Gasteiger partial charge on any atom is 0.389 e. The molecule has 7 atom stereocenters. The van der Waals surface area contributed by atoms with Crippen LogP contribution in [0, 0.1) is 23.2 Å². The molecule has 7 unspecified atom stereocenters. The Labute approximate surface area is 301 Å². The number of rotatable bonds is 19. The van der Waals surface area contributed by atoms with E-state index in [9.17, 15) is 37.5 Å². The molecule has 0 radical (unpaired) electrons. The van der Waals surface area contributed by atoms with Gasteiger partial charge in [-0.2, -0.15) is 13.2 Å². The van der Waals surface area contributed by atoms with Crippen molar-refractivity contribution in [1.29, 1.82) is 0 Å². The Morgan fingerprint density at radius 1 is 1.00 bits per heavy atom. The van der Waals surface area contributed by atoms with Crippen molar-refractivity contribution < 1.29 is 42.2 Å². The zero-order valence-corrected chi connectivity index (χ0v) is 31.5. The maximum absolute atomic E-state index is 13.9. The molecule has 6 N–H and O–H groups in total. The summed E-state index contributed by atoms with van der Waals surface area (Å²) in [6.45, 7) is 18.4. The first kappa shape index (κ1) is 44.4. The number of hydrogen-bond donors (Lipinski definition) is 6. The van der Waals surface area contributed by atoms with E-state index in [0.29, 0.717) is 0 Å². The number of carbonyl (C=O) groups excluding carboxylic acids is 4. The highest BCUT2D eigenvalue weighted by Gasteiger charge is 2.46. The summed E-state index contributed by atoms with van der Waals surface area (Å²) < 4.78 is 45.6. The van der Waals surface area contributed by atoms with Crippen LogP contribution >= 0.6 is 0 Å². The molecule has 4 amide bonds. The Morgan fingerprint density at radius 2 is 1.65 bits per heavy atom. The van der Waals surface area contributed by atoms with Crippen molar-refractivity contribution in [2.75, 3.05) is 26.2 Å². The number of nitrogens with one attached hydrogen (secondary N) is 5. The molecule has 0 aromatic carbocycles. The van der Waals surface area contributed by atoms with Gasteiger partial charge in [0, 0.05) is 19.5 Å². The van der Waals surface area contributed by atoms with Gasteiger partial charge in [0.2, 0.25) is 11.7 Å². The van der Waals surface area contributed by atoms with E-state index < -0.39 is 67.0 Å². The molecule has 1 aliphatic carbocycles. The van der Waals surface area contributed by atoms with Gasteiger partial charge in [-0.05, 0) is 62.3 Å². The molecule has 2 aliphatic rings. The van der Waals surface area contributed by atoms with Gasteiger partial charge in [0.15, 0.2) is 0 Å². The first-order chi connectivity index (χ1) is 23.8. The largest absolute Gasteiger partial charge is 0.389 e. The van der Waals surface area contributed by atoms with E-state index in [1.165, 1.54) is 6.08 Å². The van der Waals surface area contributed by atoms with Crippen LogP contribution in [0.2, 0.25) is 0 Å². The SMILES string of the molecule is C=CCNC(=O)C(=O)C(CCC(F)(F)F)NC(=O)C1CC(C(C)C)CN1C(O)C(NC(=O)NC(COC(C)NCC)C(C)(C)C)C1CCCCC1. The van der Waals surface area contributed by atoms with E-state index in [0.717, 1.165) is 38.6 Å². The number of aliphatic hydroxyl groups is 1. The normalized spacial score (nSPS) is 22.0. The second kappa shape index (κ2) is 20.5. The molecule has 2 fully saturated rings. The zero-order valence-electron chi connectivity index (χ0n) is 31.5. The molecular formula is C36H63F3N6O6. The fourth-order valence-corrected chi connectivity index (χ4v) is 6.76. The number of ether oxygens (including phenoxy) is 1. The maximum atomic E-state index is 13.9. The van der Waals surface area contributed by atoms with Gasteiger partial charge in [-0.25, -0.2) is 4.79 Å². The highest BCUT2D eigenvalue weighted by molar-refractivity contribution is 6.38. The Kier molecular flexibility index (Phi) is 17.8. The number of ketones is 1. The number of aliphatic hydroxyl groups excluding tert-OH is 1. The minimum absolute atomic E-state index is 0.0717. The quantitative estimate of drug-likeness (QED) is 0.0661. The molecule has 294 valence electrons. The number of carbonyl (C=O) groups is 4. The van der Waals surface area contributed by atoms with Crippen LogP contribution in [0.5, 0.6) is 0 Å². The lowest BCUT2D eigenvalue weighted by Gasteiger charge is -2.40. The number of halogens is 3. The van der Waals surface area contributed by atoms with E-state index >= 15 is 0 Å². The first-order valence-corrected chi connectivity index (χ1v) is 18.4. The van der Waals surface area contributed by atoms with Crippen LogP contribution < -0.4 is 26.6 Å². The molecule has 12 nitrogen and oxygen atoms in total. The molecule has 0 bridgehead atoms. The average Bonchev–Trinajstić information content (AvgIpc) is 3.51. The summed E-state index contributed by atoms with van der Waals surface area (Å²) in [6.07, 6.45) is -2.45. The van der Waals surface area contributed by atoms with Crippen molar-refractivity contribution in [2.45, 2.75) is 143 Å². The number of likely N-dealkylation sites (tertiary alicyclic amines) is 1. The Morgan fingerprint density at radius 3 is 2.20 bits per heavy atom. The van der Waals surface area contributed by atoms with Gasteiger partial charge in [-0.15, -0.1) is 6.58 Å². The summed E-state index contributed by atoms with van der Waals surface area (Å²) in [4.78, 5) is 54.5. The summed E-state index contributed by atoms with van der Waals surface area (Å²) in [7, 11) is 0. The lowest BCUT2D eigenvalue weighted by Crippen LogP contribution is -2.62. The second-order valence-corrected chi connectivity index (χ2v) is 15.4. The van der Waals surface area contributed by atoms with Gasteiger partial charge < -0.3 is 31.1 Å². The number of urea groups is 1. The zero-order chi connectivity index (χ0) is 38.5. The minimum Gasteiger partial charge on any atom is -0.376 e. The van der Waals surface area contributed by atoms with Crippen LogP contribution in [0.15, 0.2) is 12.7 Å². The summed E-state index contributed by atoms with van der Waals surface area (Å²) in [5.41, 5.74) is -0.368. The van der Waals surface area contributed by atoms with Crippen molar-refractivity contribution in [1.82, 2.24) is 31.5 Å². The smallest absolute Gasteiger partial charge is 0.376 e. The number of Topliss-reactive ketones (excluding diaryl/α,β-unsaturated/α-hetero) is 1. The lowest BCUT2D eigenvalue weighted by molar-refractivity contribution is -0.146. The van der Waals surface area contributed by atoms with Crippen molar-refractivity contribution in [3.8, 4) is 0 Å². The van der Waals surface area contributed by atoms with Crippen molar-refractivity contribution >= 4 is 23.6 Å². The third-order valence-corrected chi connectivity index (χ3v) is 10.1. The summed E-state index contributed by atoms with van der Waals surface area (Å²) in [6, 6.07) is -4.41. The number of amides is 4. The highest BCUT2D eigenvalue weighted by Crippen LogP contribution is 2.35. The molecule has 1 saturated heterocycles. The van der Waals surface area contributed by atoms with Crippen molar-refractivity contribution in [2.24, 2.45) is 23.2 Å². The average molecular weight is 733 g/mol. The second-order valence-electron chi connectivity index (χ2n) is 15.4. The molecule has 0 aromatic heterocycles. The van der Waals surface area contributed by atoms with E-state index in [1.807, 2.05) is 48.5 Å². The van der Waals surface area contributed by atoms with Crippen LogP contribution in [0.1, 0.15) is 99.8 Å². The van der Waals surface area contributed by atoms with Crippen LogP contribution in [-0.2, 0) is 19.1 Å². The monoisotopic (exact) mass is 732 g/mol. The standard InChI is InChI=1S/C36H63F3N6O6/c1-9-18-41-32(48)30(46)26(16-17-36(37,38)39)42-31(47)27-19-25(22(3)4)20-45(27)33(49)29(24-14-12-11-13-15-24)44-34(50)43-28(35(6,7)8)21-51-23(5)40-10-2/h9,22-29,33,40,49H,1,10-21H2,2-8H3,(H,41,48)(H,42,47)(H2,43,44,50). The van der Waals surface area contributed by atoms with Crippen LogP contribution in [0.3, 0.4) is 0 Å². The minimum atomic E-state index is -4.62. The summed E-state index contributed by atoms with van der Waals surface area (Å²) >= 11 is 0. The molecule has 2 rings (SSSR count). The Hall–Kier alpha value is -2.75. The van der Waals surface area contributed by atoms with Crippen molar-refractivity contribution in [3.05, 3.63) is 12.7 Å². The van der Waals surface area contributed by atoms with Gasteiger partial charge in [0.25, 0.3) is 5.91 Å². The van der Waals surface area contributed by atoms with Crippen molar-refractivity contribution in [3.63, 3.8) is 0 Å². The lowest BCUT2D eigenvalue weighted by atomic mass is 9.82. The number of alkyl halides is 3. The predicted molar refractivity (Wildman–Crippen MR) is 189 cm³/mol. The van der Waals surface area contributed by atoms with Gasteiger partial charge in [0.1, 0.15) is 12.5 Å². The van der Waals surface area contributed by atoms with Gasteiger partial charge >= 0.3 is 12.2 Å². The molecular weight excluding hydrogens is 669 g/mol. The highest BCUT2D eigenvalue weighted by atomic mass is 19.4. The molecule has 1 heterocycles. The third-order valence-electron chi connectivity index (χ3n) is 10.1. The fraction of sp³-hybridized carbons (Fsp3) is 0.833. The molecule has 1 saturated carbocycles. The van der Waals surface area contributed by atoms with Gasteiger partial charge in [-0.1, -0.05) is 66.9 Å². The Bertz CT molecular complexity index is 1140. The number of hydrogen-bond acceptors (Lipinski definition) is 8. The van der Waals surface area contributed by atoms with E-state index in [-0.39, 0.29) is 61.6 Å². The van der Waals surface area contributed by atoms with Crippen LogP contribution in [0.25, 0.3) is 0 Å². The van der Waals surface area contributed by atoms with E-state index in [1.54, 1.807) is 4.90 Å². The molecule has 1 aliphatic heterocycles. The van der Waals surface area contributed by atoms with E-state index in [4.69, 9.17) is 4.74 Å². The Balaban J connectivity index is 2.37. The fourth-order valence-electron chi connectivity index (χ4n) is 6.76. The molecule has 51 heavy (non-hydrogen) atoms. The predicted octanol–water partition coefficient (Wildman–Crippen LogP) is 3.98. The summed E-state index contributed by atoms with van der Waals surface area (Å²) in [5.74, 6) is -3.18. The third kappa shape index (κ3) is 14.7. The first-order valence-electron chi connectivity index (χ1n) is 18.4. The summed E-state index contributed by atoms with van der Waals surface area (Å²) in [5, 5.41) is 26.0. The van der Waals surface area contributed by atoms with Crippen LogP contribution in [0.4, 0.5) is 18.0 Å². The topological polar surface area (TPSA) is 161 Å². The van der Waals surface area contributed by atoms with Crippen LogP contribution in [-0.4, -0.2) is 103 Å². The molecule has 0 aromatic rings. The van der Waals surface area contributed by atoms with Gasteiger partial charge in [-0.3, -0.25) is 24.6 Å². The molecule has 0 spiro atoms. The molecule has 15 heteroatoms. The van der Waals surface area contributed by atoms with Gasteiger partial charge in [0.05, 0.1) is 30.8 Å².